The zero-order valence-corrected chi connectivity index (χ0v) is 15.8. The number of nitrogens with one attached hydrogen (secondary N) is 2. The van der Waals surface area contributed by atoms with Gasteiger partial charge in [-0.25, -0.2) is 4.79 Å². The van der Waals surface area contributed by atoms with Crippen molar-refractivity contribution < 1.29 is 19.2 Å². The zero-order chi connectivity index (χ0) is 20.5. The molecule has 8 nitrogen and oxygen atoms in total. The number of amides is 1. The van der Waals surface area contributed by atoms with Crippen molar-refractivity contribution in [3.63, 3.8) is 0 Å². The first kappa shape index (κ1) is 20.9. The standard InChI is InChI=1S/C20H23N3O5/c1-14(8-9-15-6-4-3-5-7-15)22-19(24)13-28-20(25)17-12-16(23(26)27)10-11-18(17)21-2/h3-7,10-12,14,21H,8-9,13H2,1-2H3,(H,22,24)/t14-/m1/s1. The molecule has 2 rings (SSSR count). The molecule has 1 amide bonds. The van der Waals surface area contributed by atoms with Gasteiger partial charge in [-0.05, 0) is 31.4 Å². The number of aryl methyl sites for hydroxylation is 1. The molecule has 2 N–H and O–H groups in total. The van der Waals surface area contributed by atoms with E-state index in [4.69, 9.17) is 4.74 Å². The van der Waals surface area contributed by atoms with E-state index in [0.29, 0.717) is 5.69 Å². The Bertz CT molecular complexity index is 839. The van der Waals surface area contributed by atoms with Gasteiger partial charge in [0, 0.05) is 30.9 Å². The molecule has 8 heteroatoms. The third-order valence-corrected chi connectivity index (χ3v) is 4.15. The van der Waals surface area contributed by atoms with Gasteiger partial charge in [-0.1, -0.05) is 30.3 Å². The van der Waals surface area contributed by atoms with E-state index in [2.05, 4.69) is 10.6 Å². The molecule has 28 heavy (non-hydrogen) atoms. The van der Waals surface area contributed by atoms with Crippen LogP contribution in [-0.4, -0.2) is 36.5 Å². The number of hydrogen-bond donors (Lipinski definition) is 2. The molecule has 0 fully saturated rings. The average Bonchev–Trinajstić information content (AvgIpc) is 2.70. The lowest BCUT2D eigenvalue weighted by molar-refractivity contribution is -0.384. The molecular formula is C20H23N3O5. The summed E-state index contributed by atoms with van der Waals surface area (Å²) in [4.78, 5) is 34.5. The van der Waals surface area contributed by atoms with E-state index in [1.165, 1.54) is 17.7 Å². The minimum atomic E-state index is -0.805. The molecule has 0 radical (unpaired) electrons. The van der Waals surface area contributed by atoms with Crippen molar-refractivity contribution in [3.05, 3.63) is 69.8 Å². The quantitative estimate of drug-likeness (QED) is 0.390. The summed E-state index contributed by atoms with van der Waals surface area (Å²) in [5.74, 6) is -1.23. The number of hydrogen-bond acceptors (Lipinski definition) is 6. The Labute approximate surface area is 163 Å². The van der Waals surface area contributed by atoms with Crippen molar-refractivity contribution in [2.24, 2.45) is 0 Å². The Morgan fingerprint density at radius 2 is 1.89 bits per heavy atom. The van der Waals surface area contributed by atoms with Crippen molar-refractivity contribution in [3.8, 4) is 0 Å². The van der Waals surface area contributed by atoms with Crippen molar-refractivity contribution in [2.75, 3.05) is 19.0 Å². The minimum Gasteiger partial charge on any atom is -0.452 e. The topological polar surface area (TPSA) is 111 Å². The molecule has 0 spiro atoms. The van der Waals surface area contributed by atoms with Gasteiger partial charge in [0.25, 0.3) is 11.6 Å². The van der Waals surface area contributed by atoms with Gasteiger partial charge in [0.15, 0.2) is 6.61 Å². The first-order valence-electron chi connectivity index (χ1n) is 8.87. The summed E-state index contributed by atoms with van der Waals surface area (Å²) in [5, 5.41) is 16.4. The Hall–Kier alpha value is -3.42. The SMILES string of the molecule is CNc1ccc([N+](=O)[O-])cc1C(=O)OCC(=O)N[C@H](C)CCc1ccccc1. The maximum atomic E-state index is 12.2. The van der Waals surface area contributed by atoms with E-state index in [1.54, 1.807) is 7.05 Å². The molecule has 0 aliphatic rings. The van der Waals surface area contributed by atoms with Crippen LogP contribution in [0.15, 0.2) is 48.5 Å². The second kappa shape index (κ2) is 10.1. The van der Waals surface area contributed by atoms with Crippen LogP contribution in [-0.2, 0) is 16.0 Å². The summed E-state index contributed by atoms with van der Waals surface area (Å²) < 4.78 is 5.02. The Morgan fingerprint density at radius 3 is 2.54 bits per heavy atom. The van der Waals surface area contributed by atoms with Crippen LogP contribution in [0.2, 0.25) is 0 Å². The summed E-state index contributed by atoms with van der Waals surface area (Å²) >= 11 is 0. The lowest BCUT2D eigenvalue weighted by atomic mass is 10.1. The number of anilines is 1. The first-order chi connectivity index (χ1) is 13.4. The monoisotopic (exact) mass is 385 g/mol. The number of nitro groups is 1. The van der Waals surface area contributed by atoms with Crippen LogP contribution in [0.5, 0.6) is 0 Å². The van der Waals surface area contributed by atoms with Crippen LogP contribution >= 0.6 is 0 Å². The highest BCUT2D eigenvalue weighted by atomic mass is 16.6. The van der Waals surface area contributed by atoms with Gasteiger partial charge in [0.05, 0.1) is 10.5 Å². The number of non-ortho nitro benzene ring substituents is 1. The van der Waals surface area contributed by atoms with Crippen molar-refractivity contribution >= 4 is 23.3 Å². The van der Waals surface area contributed by atoms with E-state index in [-0.39, 0.29) is 17.3 Å². The van der Waals surface area contributed by atoms with Gasteiger partial charge in [0.1, 0.15) is 0 Å². The van der Waals surface area contributed by atoms with Crippen LogP contribution < -0.4 is 10.6 Å². The number of nitrogens with zero attached hydrogens (tertiary/aromatic N) is 1. The van der Waals surface area contributed by atoms with Gasteiger partial charge in [-0.15, -0.1) is 0 Å². The number of rotatable bonds is 9. The van der Waals surface area contributed by atoms with Gasteiger partial charge < -0.3 is 15.4 Å². The fraction of sp³-hybridized carbons (Fsp3) is 0.300. The average molecular weight is 385 g/mol. The largest absolute Gasteiger partial charge is 0.452 e. The summed E-state index contributed by atoms with van der Waals surface area (Å²) in [5.41, 5.74) is 1.33. The predicted molar refractivity (Wildman–Crippen MR) is 105 cm³/mol. The summed E-state index contributed by atoms with van der Waals surface area (Å²) in [6, 6.07) is 13.7. The molecule has 0 aromatic heterocycles. The molecule has 1 atom stereocenters. The second-order valence-electron chi connectivity index (χ2n) is 6.31. The van der Waals surface area contributed by atoms with E-state index >= 15 is 0 Å². The fourth-order valence-corrected chi connectivity index (χ4v) is 2.66. The third kappa shape index (κ3) is 6.08. The normalized spacial score (nSPS) is 11.4. The molecule has 0 unspecified atom stereocenters. The molecule has 0 bridgehead atoms. The maximum Gasteiger partial charge on any atom is 0.341 e. The number of carbonyl (C=O) groups excluding carboxylic acids is 2. The van der Waals surface area contributed by atoms with Crippen LogP contribution in [0.3, 0.4) is 0 Å². The smallest absolute Gasteiger partial charge is 0.341 e. The molecule has 0 aliphatic heterocycles. The lowest BCUT2D eigenvalue weighted by Crippen LogP contribution is -2.36. The van der Waals surface area contributed by atoms with Gasteiger partial charge in [0.2, 0.25) is 0 Å². The number of ether oxygens (including phenoxy) is 1. The lowest BCUT2D eigenvalue weighted by Gasteiger charge is -2.14. The predicted octanol–water partition coefficient (Wildman–Crippen LogP) is 2.93. The molecule has 0 heterocycles. The highest BCUT2D eigenvalue weighted by Gasteiger charge is 2.19. The van der Waals surface area contributed by atoms with Gasteiger partial charge in [-0.3, -0.25) is 14.9 Å². The maximum absolute atomic E-state index is 12.2. The molecule has 0 saturated carbocycles. The summed E-state index contributed by atoms with van der Waals surface area (Å²) in [7, 11) is 1.58. The highest BCUT2D eigenvalue weighted by molar-refractivity contribution is 5.97. The van der Waals surface area contributed by atoms with E-state index < -0.39 is 23.4 Å². The number of esters is 1. The van der Waals surface area contributed by atoms with Crippen molar-refractivity contribution in [1.29, 1.82) is 0 Å². The van der Waals surface area contributed by atoms with Crippen LogP contribution in [0.25, 0.3) is 0 Å². The number of carbonyl (C=O) groups is 2. The van der Waals surface area contributed by atoms with E-state index in [0.717, 1.165) is 18.9 Å². The Morgan fingerprint density at radius 1 is 1.18 bits per heavy atom. The molecule has 148 valence electrons. The first-order valence-corrected chi connectivity index (χ1v) is 8.87. The van der Waals surface area contributed by atoms with E-state index in [1.807, 2.05) is 37.3 Å². The number of benzene rings is 2. The van der Waals surface area contributed by atoms with Crippen LogP contribution in [0.1, 0.15) is 29.3 Å². The molecule has 0 saturated heterocycles. The van der Waals surface area contributed by atoms with Crippen molar-refractivity contribution in [1.82, 2.24) is 5.32 Å². The minimum absolute atomic E-state index is 0.00151. The Kier molecular flexibility index (Phi) is 7.50. The Balaban J connectivity index is 1.85. The summed E-state index contributed by atoms with van der Waals surface area (Å²) in [6.45, 7) is 1.42. The van der Waals surface area contributed by atoms with Gasteiger partial charge >= 0.3 is 5.97 Å². The van der Waals surface area contributed by atoms with Crippen LogP contribution in [0, 0.1) is 10.1 Å². The van der Waals surface area contributed by atoms with Gasteiger partial charge in [-0.2, -0.15) is 0 Å². The van der Waals surface area contributed by atoms with Crippen molar-refractivity contribution in [2.45, 2.75) is 25.8 Å². The highest BCUT2D eigenvalue weighted by Crippen LogP contribution is 2.22. The summed E-state index contributed by atoms with van der Waals surface area (Å²) in [6.07, 6.45) is 1.57. The number of nitro benzene ring substituents is 1. The molecule has 0 aliphatic carbocycles. The van der Waals surface area contributed by atoms with Crippen LogP contribution in [0.4, 0.5) is 11.4 Å². The molecular weight excluding hydrogens is 362 g/mol. The zero-order valence-electron chi connectivity index (χ0n) is 15.8. The fourth-order valence-electron chi connectivity index (χ4n) is 2.66. The second-order valence-corrected chi connectivity index (χ2v) is 6.31. The molecule has 2 aromatic carbocycles. The third-order valence-electron chi connectivity index (χ3n) is 4.15. The molecule has 2 aromatic rings. The van der Waals surface area contributed by atoms with E-state index in [9.17, 15) is 19.7 Å².